The Balaban J connectivity index is 2.87. The molecule has 3 N–H and O–H groups in total. The molecule has 1 aromatic carbocycles. The predicted octanol–water partition coefficient (Wildman–Crippen LogP) is -0.226. The molecule has 0 heterocycles. The predicted molar refractivity (Wildman–Crippen MR) is 64.7 cm³/mol. The quantitative estimate of drug-likeness (QED) is 0.743. The third-order valence-corrected chi connectivity index (χ3v) is 3.59. The van der Waals surface area contributed by atoms with Crippen molar-refractivity contribution in [2.24, 2.45) is 0 Å². The summed E-state index contributed by atoms with van der Waals surface area (Å²) in [6.45, 7) is -0.368. The Morgan fingerprint density at radius 3 is 2.56 bits per heavy atom. The zero-order chi connectivity index (χ0) is 13.9. The van der Waals surface area contributed by atoms with Crippen molar-refractivity contribution in [2.75, 3.05) is 26.4 Å². The van der Waals surface area contributed by atoms with Crippen LogP contribution in [0.15, 0.2) is 23.1 Å². The van der Waals surface area contributed by atoms with Gasteiger partial charge in [-0.25, -0.2) is 17.5 Å². The van der Waals surface area contributed by atoms with Crippen LogP contribution < -0.4 is 10.5 Å². The summed E-state index contributed by atoms with van der Waals surface area (Å²) in [5.74, 6) is -1.09. The standard InChI is InChI=1S/C10H14FN3O3S/c1-14(2)10(15)6-13-18(16,17)7-3-4-8(11)9(12)5-7/h3-5,13H,6,12H2,1-2H3. The van der Waals surface area contributed by atoms with E-state index in [9.17, 15) is 17.6 Å². The lowest BCUT2D eigenvalue weighted by Gasteiger charge is -2.11. The molecule has 0 aliphatic carbocycles. The van der Waals surface area contributed by atoms with E-state index in [1.54, 1.807) is 0 Å². The number of likely N-dealkylation sites (N-methyl/N-ethyl adjacent to an activating group) is 1. The maximum Gasteiger partial charge on any atom is 0.241 e. The van der Waals surface area contributed by atoms with E-state index in [2.05, 4.69) is 4.72 Å². The smallest absolute Gasteiger partial charge is 0.241 e. The first kappa shape index (κ1) is 14.4. The van der Waals surface area contributed by atoms with Crippen LogP contribution in [0, 0.1) is 5.82 Å². The number of anilines is 1. The topological polar surface area (TPSA) is 92.5 Å². The maximum atomic E-state index is 12.9. The van der Waals surface area contributed by atoms with Crippen molar-refractivity contribution in [1.82, 2.24) is 9.62 Å². The molecule has 0 aliphatic rings. The lowest BCUT2D eigenvalue weighted by Crippen LogP contribution is -2.36. The van der Waals surface area contributed by atoms with Crippen molar-refractivity contribution in [3.05, 3.63) is 24.0 Å². The van der Waals surface area contributed by atoms with Crippen LogP contribution in [0.2, 0.25) is 0 Å². The van der Waals surface area contributed by atoms with Gasteiger partial charge in [-0.15, -0.1) is 0 Å². The van der Waals surface area contributed by atoms with Crippen LogP contribution >= 0.6 is 0 Å². The molecule has 0 radical (unpaired) electrons. The number of nitrogen functional groups attached to an aromatic ring is 1. The van der Waals surface area contributed by atoms with Gasteiger partial charge in [-0.05, 0) is 18.2 Å². The fraction of sp³-hybridized carbons (Fsp3) is 0.300. The minimum absolute atomic E-state index is 0.187. The van der Waals surface area contributed by atoms with Crippen LogP contribution in [0.1, 0.15) is 0 Å². The molecule has 0 unspecified atom stereocenters. The van der Waals surface area contributed by atoms with E-state index in [0.717, 1.165) is 18.2 Å². The molecule has 0 atom stereocenters. The first-order valence-electron chi connectivity index (χ1n) is 4.99. The number of carbonyl (C=O) groups is 1. The summed E-state index contributed by atoms with van der Waals surface area (Å²) in [4.78, 5) is 12.3. The molecule has 100 valence electrons. The molecule has 0 aromatic heterocycles. The first-order valence-corrected chi connectivity index (χ1v) is 6.47. The van der Waals surface area contributed by atoms with Crippen LogP contribution in [0.3, 0.4) is 0 Å². The van der Waals surface area contributed by atoms with Gasteiger partial charge in [0, 0.05) is 14.1 Å². The van der Waals surface area contributed by atoms with E-state index >= 15 is 0 Å². The summed E-state index contributed by atoms with van der Waals surface area (Å²) in [5.41, 5.74) is 5.01. The minimum atomic E-state index is -3.87. The number of hydrogen-bond acceptors (Lipinski definition) is 4. The molecule has 1 rings (SSSR count). The van der Waals surface area contributed by atoms with E-state index in [-0.39, 0.29) is 17.1 Å². The highest BCUT2D eigenvalue weighted by Crippen LogP contribution is 2.16. The molecule has 1 aromatic rings. The van der Waals surface area contributed by atoms with Gasteiger partial charge in [0.1, 0.15) is 5.82 Å². The molecule has 8 heteroatoms. The summed E-state index contributed by atoms with van der Waals surface area (Å²) in [6, 6.07) is 3.03. The van der Waals surface area contributed by atoms with Gasteiger partial charge in [0.05, 0.1) is 17.1 Å². The molecule has 0 bridgehead atoms. The van der Waals surface area contributed by atoms with E-state index < -0.39 is 21.7 Å². The average molecular weight is 275 g/mol. The van der Waals surface area contributed by atoms with E-state index in [0.29, 0.717) is 0 Å². The molecular weight excluding hydrogens is 261 g/mol. The van der Waals surface area contributed by atoms with Crippen molar-refractivity contribution in [3.63, 3.8) is 0 Å². The van der Waals surface area contributed by atoms with Crippen LogP contribution in [0.4, 0.5) is 10.1 Å². The number of sulfonamides is 1. The second-order valence-electron chi connectivity index (χ2n) is 3.80. The summed E-state index contributed by atoms with van der Waals surface area (Å²) >= 11 is 0. The normalized spacial score (nSPS) is 11.3. The van der Waals surface area contributed by atoms with Crippen LogP contribution in [0.5, 0.6) is 0 Å². The number of nitrogens with zero attached hydrogens (tertiary/aromatic N) is 1. The maximum absolute atomic E-state index is 12.9. The SMILES string of the molecule is CN(C)C(=O)CNS(=O)(=O)c1ccc(F)c(N)c1. The van der Waals surface area contributed by atoms with Crippen LogP contribution in [0.25, 0.3) is 0 Å². The van der Waals surface area contributed by atoms with Crippen molar-refractivity contribution in [1.29, 1.82) is 0 Å². The van der Waals surface area contributed by atoms with Gasteiger partial charge in [0.25, 0.3) is 0 Å². The van der Waals surface area contributed by atoms with Gasteiger partial charge < -0.3 is 10.6 Å². The van der Waals surface area contributed by atoms with Crippen LogP contribution in [-0.2, 0) is 14.8 Å². The zero-order valence-corrected chi connectivity index (χ0v) is 10.8. The second-order valence-corrected chi connectivity index (χ2v) is 5.56. The number of rotatable bonds is 4. The Labute approximate surface area is 105 Å². The third-order valence-electron chi connectivity index (χ3n) is 2.19. The Morgan fingerprint density at radius 2 is 2.06 bits per heavy atom. The Morgan fingerprint density at radius 1 is 1.44 bits per heavy atom. The zero-order valence-electron chi connectivity index (χ0n) is 9.97. The highest BCUT2D eigenvalue weighted by molar-refractivity contribution is 7.89. The van der Waals surface area contributed by atoms with Gasteiger partial charge in [0.15, 0.2) is 0 Å². The number of carbonyl (C=O) groups excluding carboxylic acids is 1. The van der Waals surface area contributed by atoms with Crippen molar-refractivity contribution in [3.8, 4) is 0 Å². The molecule has 0 saturated carbocycles. The van der Waals surface area contributed by atoms with Crippen molar-refractivity contribution in [2.45, 2.75) is 4.90 Å². The van der Waals surface area contributed by atoms with E-state index in [4.69, 9.17) is 5.73 Å². The number of halogens is 1. The Hall–Kier alpha value is -1.67. The average Bonchev–Trinajstić information content (AvgIpc) is 2.29. The minimum Gasteiger partial charge on any atom is -0.396 e. The third kappa shape index (κ3) is 3.41. The van der Waals surface area contributed by atoms with Gasteiger partial charge >= 0.3 is 0 Å². The molecule has 0 spiro atoms. The Kier molecular flexibility index (Phi) is 4.25. The van der Waals surface area contributed by atoms with Crippen LogP contribution in [-0.4, -0.2) is 39.9 Å². The number of amides is 1. The summed E-state index contributed by atoms with van der Waals surface area (Å²) in [7, 11) is -0.859. The number of benzene rings is 1. The van der Waals surface area contributed by atoms with Crippen molar-refractivity contribution >= 4 is 21.6 Å². The Bertz CT molecular complexity index is 557. The number of hydrogen-bond donors (Lipinski definition) is 2. The molecule has 18 heavy (non-hydrogen) atoms. The largest absolute Gasteiger partial charge is 0.396 e. The summed E-state index contributed by atoms with van der Waals surface area (Å²) in [5, 5.41) is 0. The highest BCUT2D eigenvalue weighted by atomic mass is 32.2. The summed E-state index contributed by atoms with van der Waals surface area (Å²) < 4.78 is 38.5. The number of nitrogens with two attached hydrogens (primary N) is 1. The lowest BCUT2D eigenvalue weighted by molar-refractivity contribution is -0.127. The molecule has 0 aliphatic heterocycles. The van der Waals surface area contributed by atoms with Gasteiger partial charge in [-0.3, -0.25) is 4.79 Å². The number of nitrogens with one attached hydrogen (secondary N) is 1. The van der Waals surface area contributed by atoms with E-state index in [1.165, 1.54) is 19.0 Å². The van der Waals surface area contributed by atoms with E-state index in [1.807, 2.05) is 0 Å². The van der Waals surface area contributed by atoms with Gasteiger partial charge in [0.2, 0.25) is 15.9 Å². The lowest BCUT2D eigenvalue weighted by atomic mass is 10.3. The van der Waals surface area contributed by atoms with Gasteiger partial charge in [-0.2, -0.15) is 0 Å². The highest BCUT2D eigenvalue weighted by Gasteiger charge is 2.17. The molecule has 6 nitrogen and oxygen atoms in total. The monoisotopic (exact) mass is 275 g/mol. The second kappa shape index (κ2) is 5.32. The van der Waals surface area contributed by atoms with Crippen molar-refractivity contribution < 1.29 is 17.6 Å². The molecule has 1 amide bonds. The fourth-order valence-electron chi connectivity index (χ4n) is 1.09. The fourth-order valence-corrected chi connectivity index (χ4v) is 2.10. The molecule has 0 saturated heterocycles. The molecule has 0 fully saturated rings. The summed E-state index contributed by atoms with van der Waals surface area (Å²) in [6.07, 6.45) is 0. The van der Waals surface area contributed by atoms with Gasteiger partial charge in [-0.1, -0.05) is 0 Å². The molecular formula is C10H14FN3O3S. The first-order chi connectivity index (χ1) is 8.24.